The van der Waals surface area contributed by atoms with Crippen LogP contribution >= 0.6 is 27.3 Å². The summed E-state index contributed by atoms with van der Waals surface area (Å²) in [4.78, 5) is 1.42. The molecule has 1 heterocycles. The summed E-state index contributed by atoms with van der Waals surface area (Å²) in [7, 11) is 0. The normalized spacial score (nSPS) is 16.7. The topological polar surface area (TPSA) is 12.0 Å². The molecule has 0 bridgehead atoms. The summed E-state index contributed by atoms with van der Waals surface area (Å²) in [5.74, 6) is 0. The van der Waals surface area contributed by atoms with Crippen LogP contribution < -0.4 is 5.32 Å². The van der Waals surface area contributed by atoms with E-state index in [4.69, 9.17) is 0 Å². The van der Waals surface area contributed by atoms with Gasteiger partial charge in [-0.05, 0) is 47.3 Å². The minimum absolute atomic E-state index is 0.663. The second-order valence-electron chi connectivity index (χ2n) is 3.69. The van der Waals surface area contributed by atoms with Gasteiger partial charge in [0.25, 0.3) is 0 Å². The predicted molar refractivity (Wildman–Crippen MR) is 65.8 cm³/mol. The monoisotopic (exact) mass is 271 g/mol. The van der Waals surface area contributed by atoms with Gasteiger partial charge in [-0.25, -0.2) is 0 Å². The van der Waals surface area contributed by atoms with E-state index in [0.29, 0.717) is 6.04 Å². The third kappa shape index (κ3) is 2.47. The predicted octanol–water partition coefficient (Wildman–Crippen LogP) is 3.63. The van der Waals surface area contributed by atoms with Gasteiger partial charge in [-0.15, -0.1) is 11.3 Å². The summed E-state index contributed by atoms with van der Waals surface area (Å²) in [6.07, 6.45) is 6.89. The Kier molecular flexibility index (Phi) is 3.42. The molecule has 0 aromatic carbocycles. The van der Waals surface area contributed by atoms with Gasteiger partial charge in [0.2, 0.25) is 0 Å². The molecule has 1 aliphatic rings. The second kappa shape index (κ2) is 4.60. The van der Waals surface area contributed by atoms with Crippen LogP contribution in [0, 0.1) is 6.92 Å². The fraction of sp³-hybridized carbons (Fsp3) is 0.455. The number of hydrogen-bond donors (Lipinski definition) is 1. The minimum Gasteiger partial charge on any atom is -0.308 e. The average molecular weight is 272 g/mol. The standard InChI is InChI=1S/C11H14BrNS/c1-8-6-10(14-11(8)12)7-13-9-4-2-3-5-9/h2-3,6,9,13H,4-5,7H2,1H3. The third-order valence-electron chi connectivity index (χ3n) is 2.48. The molecule has 14 heavy (non-hydrogen) atoms. The Hall–Kier alpha value is -0.120. The van der Waals surface area contributed by atoms with Gasteiger partial charge in [0.1, 0.15) is 0 Å². The smallest absolute Gasteiger partial charge is 0.0730 e. The van der Waals surface area contributed by atoms with E-state index in [1.165, 1.54) is 27.1 Å². The van der Waals surface area contributed by atoms with Crippen molar-refractivity contribution in [3.63, 3.8) is 0 Å². The Labute approximate surface area is 97.3 Å². The Morgan fingerprint density at radius 3 is 2.79 bits per heavy atom. The van der Waals surface area contributed by atoms with Crippen LogP contribution in [0.5, 0.6) is 0 Å². The van der Waals surface area contributed by atoms with Crippen molar-refractivity contribution in [2.45, 2.75) is 32.4 Å². The van der Waals surface area contributed by atoms with Crippen molar-refractivity contribution in [1.82, 2.24) is 5.32 Å². The van der Waals surface area contributed by atoms with Crippen LogP contribution in [0.3, 0.4) is 0 Å². The van der Waals surface area contributed by atoms with E-state index in [1.807, 2.05) is 11.3 Å². The van der Waals surface area contributed by atoms with Gasteiger partial charge in [-0.2, -0.15) is 0 Å². The van der Waals surface area contributed by atoms with Crippen LogP contribution in [-0.2, 0) is 6.54 Å². The zero-order valence-electron chi connectivity index (χ0n) is 8.22. The van der Waals surface area contributed by atoms with Crippen LogP contribution in [0.2, 0.25) is 0 Å². The lowest BCUT2D eigenvalue weighted by Crippen LogP contribution is -2.25. The van der Waals surface area contributed by atoms with Crippen molar-refractivity contribution in [3.05, 3.63) is 32.4 Å². The lowest BCUT2D eigenvalue weighted by Gasteiger charge is -2.09. The highest BCUT2D eigenvalue weighted by atomic mass is 79.9. The molecule has 3 heteroatoms. The molecule has 0 atom stereocenters. The van der Waals surface area contributed by atoms with Gasteiger partial charge in [0, 0.05) is 17.5 Å². The summed E-state index contributed by atoms with van der Waals surface area (Å²) in [6, 6.07) is 2.92. The van der Waals surface area contributed by atoms with Crippen molar-refractivity contribution in [1.29, 1.82) is 0 Å². The van der Waals surface area contributed by atoms with E-state index < -0.39 is 0 Å². The molecular formula is C11H14BrNS. The molecule has 2 rings (SSSR count). The van der Waals surface area contributed by atoms with Crippen molar-refractivity contribution in [2.75, 3.05) is 0 Å². The molecule has 1 nitrogen and oxygen atoms in total. The van der Waals surface area contributed by atoms with Gasteiger partial charge < -0.3 is 5.32 Å². The van der Waals surface area contributed by atoms with E-state index in [2.05, 4.69) is 46.4 Å². The van der Waals surface area contributed by atoms with Gasteiger partial charge in [0.05, 0.1) is 3.79 Å². The molecule has 1 aliphatic carbocycles. The van der Waals surface area contributed by atoms with Crippen molar-refractivity contribution in [3.8, 4) is 0 Å². The lowest BCUT2D eigenvalue weighted by molar-refractivity contribution is 0.542. The summed E-state index contributed by atoms with van der Waals surface area (Å²) in [6.45, 7) is 3.14. The first-order chi connectivity index (χ1) is 6.75. The zero-order chi connectivity index (χ0) is 9.97. The minimum atomic E-state index is 0.663. The molecule has 1 aromatic rings. The van der Waals surface area contributed by atoms with Gasteiger partial charge in [-0.3, -0.25) is 0 Å². The molecule has 0 amide bonds. The zero-order valence-corrected chi connectivity index (χ0v) is 10.6. The molecule has 76 valence electrons. The van der Waals surface area contributed by atoms with Crippen molar-refractivity contribution >= 4 is 27.3 Å². The van der Waals surface area contributed by atoms with E-state index in [1.54, 1.807) is 0 Å². The first-order valence-corrected chi connectivity index (χ1v) is 6.50. The Morgan fingerprint density at radius 1 is 1.50 bits per heavy atom. The number of nitrogens with one attached hydrogen (secondary N) is 1. The molecule has 0 radical (unpaired) electrons. The molecule has 0 unspecified atom stereocenters. The SMILES string of the molecule is Cc1cc(CNC2CC=CC2)sc1Br. The van der Waals surface area contributed by atoms with E-state index >= 15 is 0 Å². The van der Waals surface area contributed by atoms with E-state index in [-0.39, 0.29) is 0 Å². The van der Waals surface area contributed by atoms with E-state index in [0.717, 1.165) is 6.54 Å². The van der Waals surface area contributed by atoms with Gasteiger partial charge in [0.15, 0.2) is 0 Å². The first kappa shape index (κ1) is 10.4. The molecule has 0 saturated heterocycles. The molecule has 1 N–H and O–H groups in total. The van der Waals surface area contributed by atoms with Crippen LogP contribution in [0.15, 0.2) is 22.0 Å². The Morgan fingerprint density at radius 2 is 2.21 bits per heavy atom. The highest BCUT2D eigenvalue weighted by molar-refractivity contribution is 9.11. The number of halogens is 1. The average Bonchev–Trinajstić information content (AvgIpc) is 2.74. The number of hydrogen-bond acceptors (Lipinski definition) is 2. The summed E-state index contributed by atoms with van der Waals surface area (Å²) < 4.78 is 1.26. The highest BCUT2D eigenvalue weighted by Crippen LogP contribution is 2.27. The van der Waals surface area contributed by atoms with Crippen LogP contribution in [0.25, 0.3) is 0 Å². The maximum atomic E-state index is 3.57. The van der Waals surface area contributed by atoms with Crippen LogP contribution in [0.4, 0.5) is 0 Å². The van der Waals surface area contributed by atoms with Crippen LogP contribution in [0.1, 0.15) is 23.3 Å². The van der Waals surface area contributed by atoms with Gasteiger partial charge in [-0.1, -0.05) is 12.2 Å². The molecule has 0 aliphatic heterocycles. The number of thiophene rings is 1. The fourth-order valence-corrected chi connectivity index (χ4v) is 3.22. The van der Waals surface area contributed by atoms with Crippen molar-refractivity contribution < 1.29 is 0 Å². The maximum Gasteiger partial charge on any atom is 0.0730 e. The van der Waals surface area contributed by atoms with E-state index in [9.17, 15) is 0 Å². The number of aryl methyl sites for hydroxylation is 1. The van der Waals surface area contributed by atoms with Gasteiger partial charge >= 0.3 is 0 Å². The molecule has 0 fully saturated rings. The Bertz CT molecular complexity index is 316. The summed E-state index contributed by atoms with van der Waals surface area (Å²) in [5.41, 5.74) is 1.34. The largest absolute Gasteiger partial charge is 0.308 e. The lowest BCUT2D eigenvalue weighted by atomic mass is 10.2. The first-order valence-electron chi connectivity index (χ1n) is 4.89. The number of rotatable bonds is 3. The fourth-order valence-electron chi connectivity index (χ4n) is 1.64. The summed E-state index contributed by atoms with van der Waals surface area (Å²) in [5, 5.41) is 3.57. The van der Waals surface area contributed by atoms with Crippen molar-refractivity contribution in [2.24, 2.45) is 0 Å². The second-order valence-corrected chi connectivity index (χ2v) is 6.14. The molecule has 0 saturated carbocycles. The maximum absolute atomic E-state index is 3.57. The quantitative estimate of drug-likeness (QED) is 0.828. The molecule has 0 spiro atoms. The molecular weight excluding hydrogens is 258 g/mol. The highest BCUT2D eigenvalue weighted by Gasteiger charge is 2.10. The molecule has 1 aromatic heterocycles. The van der Waals surface area contributed by atoms with Crippen LogP contribution in [-0.4, -0.2) is 6.04 Å². The summed E-state index contributed by atoms with van der Waals surface area (Å²) >= 11 is 5.38. The third-order valence-corrected chi connectivity index (χ3v) is 4.62. The Balaban J connectivity index is 1.85.